The predicted molar refractivity (Wildman–Crippen MR) is 209 cm³/mol. The second kappa shape index (κ2) is 18.4. The molecule has 6 rings (SSSR count). The van der Waals surface area contributed by atoms with Crippen molar-refractivity contribution in [3.05, 3.63) is 66.4 Å². The molecule has 1 aliphatic carbocycles. The molecule has 0 bridgehead atoms. The van der Waals surface area contributed by atoms with Gasteiger partial charge in [0.2, 0.25) is 5.91 Å². The van der Waals surface area contributed by atoms with Crippen molar-refractivity contribution >= 4 is 17.9 Å². The lowest BCUT2D eigenvalue weighted by Gasteiger charge is -2.41. The summed E-state index contributed by atoms with van der Waals surface area (Å²) in [5.41, 5.74) is 2.74. The quantitative estimate of drug-likeness (QED) is 0.164. The number of benzene rings is 1. The molecule has 0 saturated carbocycles. The second-order valence-corrected chi connectivity index (χ2v) is 16.4. The van der Waals surface area contributed by atoms with Crippen LogP contribution in [0.2, 0.25) is 0 Å². The van der Waals surface area contributed by atoms with E-state index < -0.39 is 30.4 Å². The molecule has 4 heterocycles. The van der Waals surface area contributed by atoms with Gasteiger partial charge in [0.15, 0.2) is 6.29 Å². The summed E-state index contributed by atoms with van der Waals surface area (Å²) < 4.78 is 17.3. The molecular formula is C43H61N5O7. The number of hydrogen-bond acceptors (Lipinski definition) is 9. The van der Waals surface area contributed by atoms with Crippen LogP contribution in [-0.4, -0.2) is 107 Å². The second-order valence-electron chi connectivity index (χ2n) is 16.4. The van der Waals surface area contributed by atoms with Crippen molar-refractivity contribution in [2.24, 2.45) is 35.5 Å². The van der Waals surface area contributed by atoms with Crippen LogP contribution in [0.25, 0.3) is 11.3 Å². The maximum absolute atomic E-state index is 14.6. The van der Waals surface area contributed by atoms with Crippen molar-refractivity contribution in [2.45, 2.75) is 103 Å². The van der Waals surface area contributed by atoms with E-state index in [0.29, 0.717) is 44.4 Å². The van der Waals surface area contributed by atoms with Crippen molar-refractivity contribution in [1.82, 2.24) is 25.2 Å². The number of cyclic esters (lactones) is 1. The summed E-state index contributed by atoms with van der Waals surface area (Å²) in [7, 11) is 3.51. The number of amides is 3. The fourth-order valence-corrected chi connectivity index (χ4v) is 9.17. The molecule has 0 radical (unpaired) electrons. The van der Waals surface area contributed by atoms with Crippen LogP contribution in [0.4, 0.5) is 4.79 Å². The lowest BCUT2D eigenvalue weighted by atomic mass is 9.75. The molecular weight excluding hydrogens is 699 g/mol. The van der Waals surface area contributed by atoms with Crippen LogP contribution in [0.5, 0.6) is 0 Å². The minimum atomic E-state index is -0.992. The van der Waals surface area contributed by atoms with Crippen molar-refractivity contribution < 1.29 is 33.7 Å². The van der Waals surface area contributed by atoms with E-state index in [1.165, 1.54) is 5.01 Å². The topological polar surface area (TPSA) is 134 Å². The number of nitrogens with zero attached hydrogens (tertiary/aromatic N) is 4. The van der Waals surface area contributed by atoms with Gasteiger partial charge in [-0.2, -0.15) is 0 Å². The van der Waals surface area contributed by atoms with Crippen LogP contribution < -0.4 is 5.32 Å². The van der Waals surface area contributed by atoms with E-state index >= 15 is 0 Å². The first-order valence-corrected chi connectivity index (χ1v) is 20.3. The Bertz CT molecular complexity index is 1620. The number of hydrazine groups is 1. The van der Waals surface area contributed by atoms with Crippen molar-refractivity contribution in [1.29, 1.82) is 0 Å². The molecule has 10 atom stereocenters. The summed E-state index contributed by atoms with van der Waals surface area (Å²) in [6, 6.07) is 12.4. The number of pyridine rings is 1. The molecule has 3 saturated heterocycles. The third kappa shape index (κ3) is 9.42. The van der Waals surface area contributed by atoms with Gasteiger partial charge in [-0.3, -0.25) is 19.6 Å². The van der Waals surface area contributed by atoms with Gasteiger partial charge in [0.05, 0.1) is 31.1 Å². The number of allylic oxidation sites excluding steroid dienone is 2. The first-order valence-electron chi connectivity index (χ1n) is 20.3. The molecule has 12 nitrogen and oxygen atoms in total. The summed E-state index contributed by atoms with van der Waals surface area (Å²) in [6.07, 6.45) is 8.85. The highest BCUT2D eigenvalue weighted by molar-refractivity contribution is 5.88. The number of aromatic nitrogens is 1. The Hall–Kier alpha value is -3.84. The summed E-state index contributed by atoms with van der Waals surface area (Å²) in [4.78, 5) is 47.4. The highest BCUT2D eigenvalue weighted by Gasteiger charge is 2.48. The third-order valence-corrected chi connectivity index (χ3v) is 12.6. The number of ether oxygens (including phenoxy) is 3. The minimum Gasteiger partial charge on any atom is -0.443 e. The summed E-state index contributed by atoms with van der Waals surface area (Å²) in [5.74, 6) is 0.270. The number of carbonyl (C=O) groups excluding carboxylic acids is 3. The summed E-state index contributed by atoms with van der Waals surface area (Å²) >= 11 is 0. The molecule has 3 fully saturated rings. The number of nitrogens with one attached hydrogen (secondary N) is 1. The number of aliphatic hydroxyl groups is 1. The Morgan fingerprint density at radius 3 is 2.49 bits per heavy atom. The molecule has 55 heavy (non-hydrogen) atoms. The van der Waals surface area contributed by atoms with E-state index in [2.05, 4.69) is 36.3 Å². The summed E-state index contributed by atoms with van der Waals surface area (Å²) in [5, 5.41) is 18.4. The number of likely N-dealkylation sites (N-methyl/N-ethyl adjacent to an activating group) is 2. The Kier molecular flexibility index (Phi) is 13.7. The fourth-order valence-electron chi connectivity index (χ4n) is 9.17. The van der Waals surface area contributed by atoms with Crippen LogP contribution in [0.15, 0.2) is 60.8 Å². The van der Waals surface area contributed by atoms with Crippen LogP contribution in [0, 0.1) is 35.5 Å². The molecule has 300 valence electrons. The number of carbonyl (C=O) groups is 3. The van der Waals surface area contributed by atoms with Gasteiger partial charge in [-0.05, 0) is 79.9 Å². The highest BCUT2D eigenvalue weighted by Crippen LogP contribution is 2.43. The Balaban J connectivity index is 1.26. The molecule has 1 aromatic heterocycles. The maximum Gasteiger partial charge on any atom is 0.408 e. The lowest BCUT2D eigenvalue weighted by molar-refractivity contribution is -0.156. The lowest BCUT2D eigenvalue weighted by Crippen LogP contribution is -2.58. The number of rotatable bonds is 16. The number of alkyl carbamates (subject to hydrolysis) is 1. The number of fused-ring (bicyclic) bond motifs is 1. The van der Waals surface area contributed by atoms with Gasteiger partial charge in [-0.25, -0.2) is 9.80 Å². The van der Waals surface area contributed by atoms with Gasteiger partial charge < -0.3 is 29.5 Å². The largest absolute Gasteiger partial charge is 0.443 e. The van der Waals surface area contributed by atoms with E-state index in [-0.39, 0.29) is 48.3 Å². The van der Waals surface area contributed by atoms with Crippen LogP contribution >= 0.6 is 0 Å². The first kappa shape index (κ1) is 40.8. The maximum atomic E-state index is 14.6. The van der Waals surface area contributed by atoms with Gasteiger partial charge >= 0.3 is 6.09 Å². The monoisotopic (exact) mass is 759 g/mol. The zero-order valence-electron chi connectivity index (χ0n) is 33.4. The van der Waals surface area contributed by atoms with E-state index in [1.54, 1.807) is 18.1 Å². The average molecular weight is 760 g/mol. The predicted octanol–water partition coefficient (Wildman–Crippen LogP) is 5.66. The van der Waals surface area contributed by atoms with Gasteiger partial charge in [0.25, 0.3) is 5.91 Å². The molecule has 12 heteroatoms. The van der Waals surface area contributed by atoms with E-state index in [9.17, 15) is 19.5 Å². The fraction of sp³-hybridized carbons (Fsp3) is 0.628. The van der Waals surface area contributed by atoms with Gasteiger partial charge in [-0.15, -0.1) is 0 Å². The molecule has 2 N–H and O–H groups in total. The van der Waals surface area contributed by atoms with Crippen LogP contribution in [-0.2, 0) is 30.3 Å². The Morgan fingerprint density at radius 1 is 1.04 bits per heavy atom. The summed E-state index contributed by atoms with van der Waals surface area (Å²) in [6.45, 7) is 9.72. The number of aliphatic hydroxyl groups excluding tert-OH is 1. The van der Waals surface area contributed by atoms with E-state index in [0.717, 1.165) is 42.5 Å². The molecule has 3 amide bonds. The molecule has 3 aliphatic heterocycles. The molecule has 4 aliphatic rings. The van der Waals surface area contributed by atoms with Crippen molar-refractivity contribution in [3.8, 4) is 11.3 Å². The van der Waals surface area contributed by atoms with Gasteiger partial charge in [-0.1, -0.05) is 70.2 Å². The average Bonchev–Trinajstić information content (AvgIpc) is 3.94. The van der Waals surface area contributed by atoms with Gasteiger partial charge in [0.1, 0.15) is 12.1 Å². The standard InChI is InChI=1S/C43H61N5O7/c1-7-32(28(4)34-26-54-42-33(34)20-22-53-42)40(50)46(5)36(23-29-13-9-8-10-14-29)37(49)25-48(47(6)41(51)38-39(27(2)3)55-43(52)45-38)24-30-16-18-31(19-17-30)35-15-11-12-21-44-35/h8-9,11-12,15-19,21,27-29,32-34,36-39,42,49H,7,10,13-14,20,22-26H2,1-6H3,(H,45,52)/t28-,29?,32?,33?,34?,36?,37?,38?,39?,42?/m0/s1. The third-order valence-electron chi connectivity index (χ3n) is 12.6. The smallest absolute Gasteiger partial charge is 0.408 e. The Morgan fingerprint density at radius 2 is 1.82 bits per heavy atom. The van der Waals surface area contributed by atoms with E-state index in [1.807, 2.05) is 68.4 Å². The zero-order valence-corrected chi connectivity index (χ0v) is 33.4. The molecule has 9 unspecified atom stereocenters. The SMILES string of the molecule is CCC(C(=O)N(C)C(CC1CC=CCC1)C(O)CN(Cc1ccc(-c2ccccn2)cc1)N(C)C(=O)C1NC(=O)OC1C(C)C)[C@H](C)C1COC2OCCC21. The first-order chi connectivity index (χ1) is 26.5. The number of hydrogen-bond donors (Lipinski definition) is 2. The Labute approximate surface area is 326 Å². The van der Waals surface area contributed by atoms with Crippen molar-refractivity contribution in [2.75, 3.05) is 33.9 Å². The molecule has 2 aromatic rings. The molecule has 0 spiro atoms. The van der Waals surface area contributed by atoms with Gasteiger partial charge in [0, 0.05) is 50.8 Å². The zero-order chi connectivity index (χ0) is 39.2. The highest BCUT2D eigenvalue weighted by atomic mass is 16.7. The molecule has 1 aromatic carbocycles. The normalized spacial score (nSPS) is 27.0. The minimum absolute atomic E-state index is 0.0273. The van der Waals surface area contributed by atoms with Crippen LogP contribution in [0.1, 0.15) is 71.8 Å². The van der Waals surface area contributed by atoms with Crippen LogP contribution in [0.3, 0.4) is 0 Å². The van der Waals surface area contributed by atoms with E-state index in [4.69, 9.17) is 14.2 Å². The van der Waals surface area contributed by atoms with Crippen molar-refractivity contribution in [3.63, 3.8) is 0 Å².